The number of aromatic nitrogens is 1. The fraction of sp³-hybridized carbons (Fsp3) is 0.400. The predicted octanol–water partition coefficient (Wildman–Crippen LogP) is 1.91. The van der Waals surface area contributed by atoms with Crippen molar-refractivity contribution in [3.63, 3.8) is 0 Å². The first-order valence-electron chi connectivity index (χ1n) is 4.74. The second-order valence-electron chi connectivity index (χ2n) is 2.96. The second kappa shape index (κ2) is 5.42. The maximum Gasteiger partial charge on any atom is 0.357 e. The minimum Gasteiger partial charge on any atom is -0.503 e. The lowest BCUT2D eigenvalue weighted by molar-refractivity contribution is 0.0517. The Morgan fingerprint density at radius 3 is 2.71 bits per heavy atom. The zero-order valence-corrected chi connectivity index (χ0v) is 9.24. The number of rotatable bonds is 4. The van der Waals surface area contributed by atoms with Gasteiger partial charge in [0.05, 0.1) is 13.7 Å². The second-order valence-corrected chi connectivity index (χ2v) is 2.96. The van der Waals surface area contributed by atoms with Crippen LogP contribution < -0.4 is 4.74 Å². The van der Waals surface area contributed by atoms with E-state index in [4.69, 9.17) is 0 Å². The summed E-state index contributed by atoms with van der Waals surface area (Å²) in [5.41, 5.74) is -1.25. The highest BCUT2D eigenvalue weighted by Gasteiger charge is 2.23. The van der Waals surface area contributed by atoms with E-state index >= 15 is 0 Å². The summed E-state index contributed by atoms with van der Waals surface area (Å²) in [7, 11) is 1.18. The normalized spacial score (nSPS) is 10.4. The monoisotopic (exact) mass is 247 g/mol. The molecule has 94 valence electrons. The summed E-state index contributed by atoms with van der Waals surface area (Å²) in [5.74, 6) is -1.89. The minimum absolute atomic E-state index is 0.0910. The number of ether oxygens (including phenoxy) is 2. The van der Waals surface area contributed by atoms with Gasteiger partial charge in [0, 0.05) is 6.07 Å². The van der Waals surface area contributed by atoms with E-state index < -0.39 is 23.8 Å². The van der Waals surface area contributed by atoms with Gasteiger partial charge in [-0.1, -0.05) is 0 Å². The Kier molecular flexibility index (Phi) is 4.19. The van der Waals surface area contributed by atoms with E-state index in [1.54, 1.807) is 6.92 Å². The maximum atomic E-state index is 12.5. The van der Waals surface area contributed by atoms with Gasteiger partial charge in [0.2, 0.25) is 0 Å². The van der Waals surface area contributed by atoms with Gasteiger partial charge in [0.1, 0.15) is 0 Å². The molecule has 0 bridgehead atoms. The zero-order chi connectivity index (χ0) is 13.0. The number of aromatic hydroxyl groups is 1. The molecule has 0 radical (unpaired) electrons. The Hall–Kier alpha value is -1.92. The van der Waals surface area contributed by atoms with Crippen LogP contribution in [-0.4, -0.2) is 29.8 Å². The fourth-order valence-electron chi connectivity index (χ4n) is 1.15. The number of carbonyl (C=O) groups is 1. The third kappa shape index (κ3) is 2.80. The van der Waals surface area contributed by atoms with E-state index in [9.17, 15) is 18.7 Å². The van der Waals surface area contributed by atoms with Gasteiger partial charge >= 0.3 is 5.97 Å². The van der Waals surface area contributed by atoms with Crippen molar-refractivity contribution in [3.8, 4) is 11.5 Å². The zero-order valence-electron chi connectivity index (χ0n) is 9.24. The smallest absolute Gasteiger partial charge is 0.357 e. The van der Waals surface area contributed by atoms with Gasteiger partial charge in [0.25, 0.3) is 6.43 Å². The molecular formula is C10H11F2NO4. The fourth-order valence-corrected chi connectivity index (χ4v) is 1.15. The lowest BCUT2D eigenvalue weighted by Crippen LogP contribution is -2.09. The summed E-state index contributed by atoms with van der Waals surface area (Å²) in [5, 5.41) is 9.38. The van der Waals surface area contributed by atoms with Crippen molar-refractivity contribution in [1.82, 2.24) is 4.98 Å². The van der Waals surface area contributed by atoms with Crippen LogP contribution in [0.1, 0.15) is 29.5 Å². The van der Waals surface area contributed by atoms with Crippen molar-refractivity contribution >= 4 is 5.97 Å². The van der Waals surface area contributed by atoms with Crippen molar-refractivity contribution in [2.24, 2.45) is 0 Å². The summed E-state index contributed by atoms with van der Waals surface area (Å²) in [4.78, 5) is 14.7. The largest absolute Gasteiger partial charge is 0.503 e. The van der Waals surface area contributed by atoms with E-state index in [1.807, 2.05) is 0 Å². The SMILES string of the molecule is CCOC(=O)c1cc(OC)c(O)c(C(F)F)n1. The highest BCUT2D eigenvalue weighted by Crippen LogP contribution is 2.35. The van der Waals surface area contributed by atoms with Crippen LogP contribution in [0.4, 0.5) is 8.78 Å². The molecule has 1 aromatic rings. The number of esters is 1. The molecule has 0 saturated carbocycles. The molecule has 0 fully saturated rings. The number of pyridine rings is 1. The number of alkyl halides is 2. The molecule has 0 aliphatic carbocycles. The average molecular weight is 247 g/mol. The standard InChI is InChI=1S/C10H11F2NO4/c1-3-17-10(15)5-4-6(16-2)8(14)7(13-5)9(11)12/h4,9,14H,3H2,1-2H3. The maximum absolute atomic E-state index is 12.5. The van der Waals surface area contributed by atoms with Crippen molar-refractivity contribution in [2.45, 2.75) is 13.3 Å². The topological polar surface area (TPSA) is 68.7 Å². The van der Waals surface area contributed by atoms with E-state index in [2.05, 4.69) is 14.5 Å². The van der Waals surface area contributed by atoms with Crippen molar-refractivity contribution in [1.29, 1.82) is 0 Å². The highest BCUT2D eigenvalue weighted by atomic mass is 19.3. The highest BCUT2D eigenvalue weighted by molar-refractivity contribution is 5.88. The molecule has 1 rings (SSSR count). The lowest BCUT2D eigenvalue weighted by atomic mass is 10.2. The van der Waals surface area contributed by atoms with Crippen LogP contribution in [0.25, 0.3) is 0 Å². The van der Waals surface area contributed by atoms with Crippen LogP contribution in [0.2, 0.25) is 0 Å². The molecule has 0 saturated heterocycles. The third-order valence-corrected chi connectivity index (χ3v) is 1.90. The molecule has 7 heteroatoms. The molecule has 0 spiro atoms. The van der Waals surface area contributed by atoms with Gasteiger partial charge < -0.3 is 14.6 Å². The van der Waals surface area contributed by atoms with Crippen molar-refractivity contribution in [2.75, 3.05) is 13.7 Å². The van der Waals surface area contributed by atoms with Crippen LogP contribution in [-0.2, 0) is 4.74 Å². The van der Waals surface area contributed by atoms with E-state index in [1.165, 1.54) is 7.11 Å². The Morgan fingerprint density at radius 1 is 1.59 bits per heavy atom. The molecule has 1 heterocycles. The predicted molar refractivity (Wildman–Crippen MR) is 53.4 cm³/mol. The number of hydrogen-bond donors (Lipinski definition) is 1. The average Bonchev–Trinajstić information content (AvgIpc) is 2.29. The molecular weight excluding hydrogens is 236 g/mol. The quantitative estimate of drug-likeness (QED) is 0.823. The summed E-state index contributed by atoms with van der Waals surface area (Å²) in [6.45, 7) is 1.66. The van der Waals surface area contributed by atoms with Crippen LogP contribution in [0.5, 0.6) is 11.5 Å². The molecule has 1 N–H and O–H groups in total. The molecule has 1 aromatic heterocycles. The Bertz CT molecular complexity index is 423. The Morgan fingerprint density at radius 2 is 2.24 bits per heavy atom. The first-order chi connectivity index (χ1) is 8.01. The van der Waals surface area contributed by atoms with Crippen LogP contribution in [0, 0.1) is 0 Å². The molecule has 0 aromatic carbocycles. The lowest BCUT2D eigenvalue weighted by Gasteiger charge is -2.10. The summed E-state index contributed by atoms with van der Waals surface area (Å²) < 4.78 is 34.4. The number of methoxy groups -OCH3 is 1. The molecule has 0 aliphatic heterocycles. The van der Waals surface area contributed by atoms with Crippen LogP contribution in [0.3, 0.4) is 0 Å². The van der Waals surface area contributed by atoms with Crippen molar-refractivity contribution < 1.29 is 28.2 Å². The third-order valence-electron chi connectivity index (χ3n) is 1.90. The van der Waals surface area contributed by atoms with Gasteiger partial charge in [-0.25, -0.2) is 18.6 Å². The molecule has 0 aliphatic rings. The van der Waals surface area contributed by atoms with E-state index in [0.717, 1.165) is 6.07 Å². The van der Waals surface area contributed by atoms with Gasteiger partial charge in [-0.15, -0.1) is 0 Å². The number of carbonyl (C=O) groups excluding carboxylic acids is 1. The first-order valence-corrected chi connectivity index (χ1v) is 4.74. The number of nitrogens with zero attached hydrogens (tertiary/aromatic N) is 1. The summed E-state index contributed by atoms with van der Waals surface area (Å²) in [6, 6.07) is 1.04. The molecule has 5 nitrogen and oxygen atoms in total. The van der Waals surface area contributed by atoms with E-state index in [0.29, 0.717) is 0 Å². The molecule has 0 amide bonds. The number of halogens is 2. The molecule has 0 unspecified atom stereocenters. The van der Waals surface area contributed by atoms with Gasteiger partial charge in [-0.05, 0) is 6.92 Å². The Balaban J connectivity index is 3.25. The molecule has 0 atom stereocenters. The van der Waals surface area contributed by atoms with Gasteiger partial charge in [-0.2, -0.15) is 0 Å². The summed E-state index contributed by atoms with van der Waals surface area (Å²) in [6.07, 6.45) is -3.02. The molecule has 17 heavy (non-hydrogen) atoms. The first kappa shape index (κ1) is 13.1. The Labute approximate surface area is 96.0 Å². The van der Waals surface area contributed by atoms with Gasteiger partial charge in [0.15, 0.2) is 22.9 Å². The van der Waals surface area contributed by atoms with E-state index in [-0.39, 0.29) is 18.1 Å². The number of hydrogen-bond acceptors (Lipinski definition) is 5. The van der Waals surface area contributed by atoms with Crippen LogP contribution in [0.15, 0.2) is 6.07 Å². The van der Waals surface area contributed by atoms with Crippen molar-refractivity contribution in [3.05, 3.63) is 17.5 Å². The summed E-state index contributed by atoms with van der Waals surface area (Å²) >= 11 is 0. The van der Waals surface area contributed by atoms with Crippen LogP contribution >= 0.6 is 0 Å². The van der Waals surface area contributed by atoms with Gasteiger partial charge in [-0.3, -0.25) is 0 Å². The minimum atomic E-state index is -3.02.